The molecule has 10 heteroatoms. The molecule has 0 bridgehead atoms. The summed E-state index contributed by atoms with van der Waals surface area (Å²) < 4.78 is 27.8. The van der Waals surface area contributed by atoms with Crippen LogP contribution in [0.2, 0.25) is 5.02 Å². The van der Waals surface area contributed by atoms with Crippen molar-refractivity contribution in [2.75, 3.05) is 39.3 Å². The van der Waals surface area contributed by atoms with Crippen LogP contribution in [0, 0.1) is 0 Å². The van der Waals surface area contributed by atoms with E-state index in [9.17, 15) is 18.0 Å². The molecule has 2 amide bonds. The predicted molar refractivity (Wildman–Crippen MR) is 137 cm³/mol. The van der Waals surface area contributed by atoms with E-state index in [1.807, 2.05) is 37.3 Å². The molecule has 2 N–H and O–H groups in total. The molecule has 0 aliphatic carbocycles. The molecule has 1 aliphatic rings. The Kier molecular flexibility index (Phi) is 9.45. The fourth-order valence-electron chi connectivity index (χ4n) is 3.93. The van der Waals surface area contributed by atoms with E-state index in [1.54, 1.807) is 17.0 Å². The molecular formula is C25H31ClN4O4S. The van der Waals surface area contributed by atoms with Crippen LogP contribution < -0.4 is 10.0 Å². The van der Waals surface area contributed by atoms with Crippen LogP contribution in [0.15, 0.2) is 65.2 Å². The maximum absolute atomic E-state index is 13.6. The molecule has 0 unspecified atom stereocenters. The number of carbonyl (C=O) groups is 2. The number of piperazine rings is 1. The lowest BCUT2D eigenvalue weighted by Crippen LogP contribution is -2.49. The van der Waals surface area contributed by atoms with E-state index in [1.165, 1.54) is 24.0 Å². The zero-order chi connectivity index (χ0) is 25.4. The van der Waals surface area contributed by atoms with Crippen molar-refractivity contribution in [2.24, 2.45) is 0 Å². The number of nitrogens with zero attached hydrogens (tertiary/aromatic N) is 2. The quantitative estimate of drug-likeness (QED) is 0.393. The summed E-state index contributed by atoms with van der Waals surface area (Å²) in [6.07, 6.45) is 0.309. The Hall–Kier alpha value is -2.72. The summed E-state index contributed by atoms with van der Waals surface area (Å²) in [7, 11) is -3.80. The van der Waals surface area contributed by atoms with Crippen LogP contribution in [-0.2, 0) is 19.6 Å². The molecular weight excluding hydrogens is 488 g/mol. The van der Waals surface area contributed by atoms with Crippen molar-refractivity contribution < 1.29 is 18.0 Å². The second kappa shape index (κ2) is 12.3. The molecule has 1 heterocycles. The lowest BCUT2D eigenvalue weighted by molar-refractivity contribution is -0.135. The Morgan fingerprint density at radius 3 is 2.29 bits per heavy atom. The maximum Gasteiger partial charge on any atom is 0.270 e. The highest BCUT2D eigenvalue weighted by atomic mass is 35.5. The summed E-state index contributed by atoms with van der Waals surface area (Å²) in [5.41, 5.74) is 1.86. The Labute approximate surface area is 212 Å². The van der Waals surface area contributed by atoms with Crippen LogP contribution in [0.3, 0.4) is 0 Å². The van der Waals surface area contributed by atoms with Gasteiger partial charge in [0.15, 0.2) is 0 Å². The van der Waals surface area contributed by atoms with E-state index >= 15 is 0 Å². The Bertz CT molecular complexity index is 1180. The highest BCUT2D eigenvalue weighted by molar-refractivity contribution is 7.89. The zero-order valence-corrected chi connectivity index (χ0v) is 21.5. The van der Waals surface area contributed by atoms with Gasteiger partial charge in [0.2, 0.25) is 15.9 Å². The molecule has 2 aromatic carbocycles. The van der Waals surface area contributed by atoms with Crippen LogP contribution in [0.25, 0.3) is 5.57 Å². The van der Waals surface area contributed by atoms with Gasteiger partial charge in [0.1, 0.15) is 10.6 Å². The number of hydrogen-bond donors (Lipinski definition) is 2. The predicted octanol–water partition coefficient (Wildman–Crippen LogP) is 2.72. The largest absolute Gasteiger partial charge is 0.335 e. The fourth-order valence-corrected chi connectivity index (χ4v) is 5.52. The smallest absolute Gasteiger partial charge is 0.270 e. The van der Waals surface area contributed by atoms with Crippen molar-refractivity contribution in [3.8, 4) is 0 Å². The van der Waals surface area contributed by atoms with E-state index in [0.29, 0.717) is 43.9 Å². The second-order valence-electron chi connectivity index (χ2n) is 8.23. The number of sulfonamides is 1. The van der Waals surface area contributed by atoms with E-state index in [-0.39, 0.29) is 34.8 Å². The SMILES string of the molecule is CC(=O)N(CCCNS(=O)(=O)c1ccccc1Cl)/C(C(=O)N1CCNCC1)=C(\C)c1ccccc1. The monoisotopic (exact) mass is 518 g/mol. The summed E-state index contributed by atoms with van der Waals surface area (Å²) in [6, 6.07) is 15.7. The third-order valence-electron chi connectivity index (χ3n) is 5.80. The first-order chi connectivity index (χ1) is 16.7. The minimum Gasteiger partial charge on any atom is -0.335 e. The van der Waals surface area contributed by atoms with Gasteiger partial charge in [-0.25, -0.2) is 13.1 Å². The van der Waals surface area contributed by atoms with Gasteiger partial charge < -0.3 is 15.1 Å². The molecule has 1 saturated heterocycles. The van der Waals surface area contributed by atoms with Crippen LogP contribution in [0.5, 0.6) is 0 Å². The molecule has 0 atom stereocenters. The van der Waals surface area contributed by atoms with E-state index in [0.717, 1.165) is 5.56 Å². The van der Waals surface area contributed by atoms with Crippen molar-refractivity contribution in [3.63, 3.8) is 0 Å². The number of amides is 2. The van der Waals surface area contributed by atoms with Gasteiger partial charge in [0.05, 0.1) is 5.02 Å². The summed E-state index contributed by atoms with van der Waals surface area (Å²) in [6.45, 7) is 5.98. The average Bonchev–Trinajstić information content (AvgIpc) is 2.86. The summed E-state index contributed by atoms with van der Waals surface area (Å²) >= 11 is 6.03. The number of rotatable bonds is 9. The van der Waals surface area contributed by atoms with Crippen LogP contribution in [0.1, 0.15) is 25.8 Å². The van der Waals surface area contributed by atoms with Crippen molar-refractivity contribution in [1.29, 1.82) is 0 Å². The molecule has 1 fully saturated rings. The Balaban J connectivity index is 1.81. The fraction of sp³-hybridized carbons (Fsp3) is 0.360. The average molecular weight is 519 g/mol. The van der Waals surface area contributed by atoms with E-state index in [4.69, 9.17) is 11.6 Å². The number of halogens is 1. The molecule has 1 aliphatic heterocycles. The van der Waals surface area contributed by atoms with Crippen LogP contribution in [0.4, 0.5) is 0 Å². The minimum absolute atomic E-state index is 0.000478. The number of hydrogen-bond acceptors (Lipinski definition) is 5. The van der Waals surface area contributed by atoms with E-state index in [2.05, 4.69) is 10.0 Å². The normalized spacial score (nSPS) is 14.9. The Morgan fingerprint density at radius 1 is 1.03 bits per heavy atom. The molecule has 35 heavy (non-hydrogen) atoms. The molecule has 188 valence electrons. The standard InChI is InChI=1S/C25H31ClN4O4S/c1-19(21-9-4-3-5-10-21)24(25(32)29-17-14-27-15-18-29)30(20(2)31)16-8-13-28-35(33,34)23-12-7-6-11-22(23)26/h3-7,9-12,27-28H,8,13-18H2,1-2H3/b24-19+. The van der Waals surface area contributed by atoms with Crippen LogP contribution >= 0.6 is 11.6 Å². The summed E-state index contributed by atoms with van der Waals surface area (Å²) in [5, 5.41) is 3.36. The lowest BCUT2D eigenvalue weighted by Gasteiger charge is -2.33. The molecule has 0 spiro atoms. The second-order valence-corrected chi connectivity index (χ2v) is 10.4. The van der Waals surface area contributed by atoms with Gasteiger partial charge >= 0.3 is 0 Å². The summed E-state index contributed by atoms with van der Waals surface area (Å²) in [5.74, 6) is -0.493. The van der Waals surface area contributed by atoms with E-state index < -0.39 is 10.0 Å². The molecule has 0 radical (unpaired) electrons. The van der Waals surface area contributed by atoms with Gasteiger partial charge in [-0.2, -0.15) is 0 Å². The third kappa shape index (κ3) is 6.91. The Morgan fingerprint density at radius 2 is 1.66 bits per heavy atom. The molecule has 3 rings (SSSR count). The number of carbonyl (C=O) groups excluding carboxylic acids is 2. The first-order valence-electron chi connectivity index (χ1n) is 11.5. The minimum atomic E-state index is -3.80. The molecule has 8 nitrogen and oxygen atoms in total. The van der Waals surface area contributed by atoms with Crippen LogP contribution in [-0.4, -0.2) is 69.3 Å². The van der Waals surface area contributed by atoms with Gasteiger partial charge in [-0.15, -0.1) is 0 Å². The van der Waals surface area contributed by atoms with Gasteiger partial charge in [0, 0.05) is 46.2 Å². The van der Waals surface area contributed by atoms with Crippen molar-refractivity contribution >= 4 is 39.0 Å². The highest BCUT2D eigenvalue weighted by Crippen LogP contribution is 2.24. The maximum atomic E-state index is 13.6. The zero-order valence-electron chi connectivity index (χ0n) is 20.0. The molecule has 0 saturated carbocycles. The van der Waals surface area contributed by atoms with Gasteiger partial charge in [-0.05, 0) is 36.6 Å². The number of nitrogens with one attached hydrogen (secondary N) is 2. The first-order valence-corrected chi connectivity index (χ1v) is 13.4. The summed E-state index contributed by atoms with van der Waals surface area (Å²) in [4.78, 5) is 29.5. The lowest BCUT2D eigenvalue weighted by atomic mass is 10.0. The van der Waals surface area contributed by atoms with Gasteiger partial charge in [-0.3, -0.25) is 9.59 Å². The molecule has 0 aromatic heterocycles. The van der Waals surface area contributed by atoms with Crippen molar-refractivity contribution in [1.82, 2.24) is 19.8 Å². The van der Waals surface area contributed by atoms with Crippen molar-refractivity contribution in [2.45, 2.75) is 25.2 Å². The highest BCUT2D eigenvalue weighted by Gasteiger charge is 2.29. The first kappa shape index (κ1) is 26.9. The topological polar surface area (TPSA) is 98.8 Å². The van der Waals surface area contributed by atoms with Crippen molar-refractivity contribution in [3.05, 3.63) is 70.9 Å². The molecule has 2 aromatic rings. The third-order valence-corrected chi connectivity index (χ3v) is 7.76. The number of allylic oxidation sites excluding steroid dienone is 1. The van der Waals surface area contributed by atoms with Gasteiger partial charge in [-0.1, -0.05) is 54.1 Å². The number of benzene rings is 2. The van der Waals surface area contributed by atoms with Gasteiger partial charge in [0.25, 0.3) is 5.91 Å².